The lowest BCUT2D eigenvalue weighted by atomic mass is 10.0. The molecule has 0 aromatic heterocycles. The number of hydrogen-bond acceptors (Lipinski definition) is 4. The first-order chi connectivity index (χ1) is 16.0. The molecule has 33 heavy (non-hydrogen) atoms. The summed E-state index contributed by atoms with van der Waals surface area (Å²) in [6.45, 7) is 2.65. The Balaban J connectivity index is 1.67. The van der Waals surface area contributed by atoms with Crippen molar-refractivity contribution < 1.29 is 19.1 Å². The second-order valence-electron chi connectivity index (χ2n) is 8.21. The van der Waals surface area contributed by atoms with Gasteiger partial charge in [0.1, 0.15) is 12.6 Å². The monoisotopic (exact) mass is 449 g/mol. The van der Waals surface area contributed by atoms with Crippen LogP contribution >= 0.6 is 0 Å². The zero-order chi connectivity index (χ0) is 23.5. The van der Waals surface area contributed by atoms with Gasteiger partial charge in [-0.1, -0.05) is 66.2 Å². The van der Waals surface area contributed by atoms with Crippen molar-refractivity contribution in [3.05, 3.63) is 83.4 Å². The average molecular weight is 450 g/mol. The van der Waals surface area contributed by atoms with E-state index in [4.69, 9.17) is 4.74 Å². The minimum absolute atomic E-state index is 0.131. The molecule has 0 radical (unpaired) electrons. The highest BCUT2D eigenvalue weighted by Crippen LogP contribution is 2.10. The average Bonchev–Trinajstić information content (AvgIpc) is 2.80. The predicted molar refractivity (Wildman–Crippen MR) is 126 cm³/mol. The first kappa shape index (κ1) is 24.0. The van der Waals surface area contributed by atoms with Crippen molar-refractivity contribution in [2.24, 2.45) is 0 Å². The number of alkyl carbamates (subject to hydrolysis) is 1. The number of carbonyl (C=O) groups excluding carboxylic acids is 3. The summed E-state index contributed by atoms with van der Waals surface area (Å²) in [4.78, 5) is 37.5. The molecule has 0 aliphatic carbocycles. The fourth-order valence-electron chi connectivity index (χ4n) is 3.67. The lowest BCUT2D eigenvalue weighted by Gasteiger charge is -2.22. The Labute approximate surface area is 194 Å². The lowest BCUT2D eigenvalue weighted by molar-refractivity contribution is -0.124. The van der Waals surface area contributed by atoms with Crippen LogP contribution in [0.25, 0.3) is 0 Å². The van der Waals surface area contributed by atoms with Crippen molar-refractivity contribution in [2.75, 3.05) is 6.54 Å². The zero-order valence-corrected chi connectivity index (χ0v) is 18.9. The number of ether oxygens (including phenoxy) is 1. The quantitative estimate of drug-likeness (QED) is 0.653. The zero-order valence-electron chi connectivity index (χ0n) is 18.9. The lowest BCUT2D eigenvalue weighted by Crippen LogP contribution is -2.50. The Morgan fingerprint density at radius 3 is 2.64 bits per heavy atom. The number of benzene rings is 2. The molecule has 174 valence electrons. The van der Waals surface area contributed by atoms with Gasteiger partial charge in [0.05, 0.1) is 6.04 Å². The molecule has 1 aliphatic rings. The van der Waals surface area contributed by atoms with Gasteiger partial charge in [0.25, 0.3) is 0 Å². The third-order valence-corrected chi connectivity index (χ3v) is 5.39. The molecule has 3 rings (SSSR count). The van der Waals surface area contributed by atoms with Gasteiger partial charge in [-0.15, -0.1) is 0 Å². The molecule has 7 nitrogen and oxygen atoms in total. The Bertz CT molecular complexity index is 975. The minimum Gasteiger partial charge on any atom is -0.445 e. The van der Waals surface area contributed by atoms with Crippen LogP contribution < -0.4 is 16.0 Å². The van der Waals surface area contributed by atoms with E-state index in [1.807, 2.05) is 61.5 Å². The third-order valence-electron chi connectivity index (χ3n) is 5.39. The number of amides is 3. The van der Waals surface area contributed by atoms with Gasteiger partial charge in [-0.2, -0.15) is 0 Å². The highest BCUT2D eigenvalue weighted by atomic mass is 16.5. The van der Waals surface area contributed by atoms with Gasteiger partial charge in [0.2, 0.25) is 11.8 Å². The van der Waals surface area contributed by atoms with Crippen LogP contribution in [0.5, 0.6) is 0 Å². The molecule has 1 heterocycles. The van der Waals surface area contributed by atoms with Crippen molar-refractivity contribution >= 4 is 17.9 Å². The molecule has 0 spiro atoms. The second kappa shape index (κ2) is 12.4. The first-order valence-electron chi connectivity index (χ1n) is 11.3. The topological polar surface area (TPSA) is 96.5 Å². The number of aryl methyl sites for hydroxylation is 1. The van der Waals surface area contributed by atoms with Crippen molar-refractivity contribution in [3.8, 4) is 0 Å². The highest BCUT2D eigenvalue weighted by Gasteiger charge is 2.23. The van der Waals surface area contributed by atoms with Gasteiger partial charge in [-0.25, -0.2) is 4.79 Å². The van der Waals surface area contributed by atoms with E-state index in [9.17, 15) is 14.4 Å². The summed E-state index contributed by atoms with van der Waals surface area (Å²) in [7, 11) is 0. The molecule has 0 unspecified atom stereocenters. The van der Waals surface area contributed by atoms with Crippen LogP contribution in [0.3, 0.4) is 0 Å². The van der Waals surface area contributed by atoms with Crippen LogP contribution in [0.4, 0.5) is 4.79 Å². The van der Waals surface area contributed by atoms with Crippen LogP contribution in [-0.2, 0) is 27.4 Å². The Kier molecular flexibility index (Phi) is 9.06. The highest BCUT2D eigenvalue weighted by molar-refractivity contribution is 5.88. The van der Waals surface area contributed by atoms with Crippen molar-refractivity contribution in [1.82, 2.24) is 16.0 Å². The fourth-order valence-corrected chi connectivity index (χ4v) is 3.67. The molecular weight excluding hydrogens is 418 g/mol. The van der Waals surface area contributed by atoms with Gasteiger partial charge in [0.15, 0.2) is 0 Å². The predicted octanol–water partition coefficient (Wildman–Crippen LogP) is 3.17. The molecule has 2 atom stereocenters. The van der Waals surface area contributed by atoms with Gasteiger partial charge >= 0.3 is 6.09 Å². The Morgan fingerprint density at radius 2 is 1.85 bits per heavy atom. The van der Waals surface area contributed by atoms with Crippen LogP contribution in [0.15, 0.2) is 66.7 Å². The van der Waals surface area contributed by atoms with E-state index < -0.39 is 18.2 Å². The van der Waals surface area contributed by atoms with E-state index in [-0.39, 0.29) is 18.4 Å². The first-order valence-corrected chi connectivity index (χ1v) is 11.3. The van der Waals surface area contributed by atoms with Gasteiger partial charge < -0.3 is 20.7 Å². The van der Waals surface area contributed by atoms with E-state index >= 15 is 0 Å². The molecule has 3 amide bonds. The molecule has 0 saturated carbocycles. The van der Waals surface area contributed by atoms with E-state index in [1.165, 1.54) is 6.08 Å². The second-order valence-corrected chi connectivity index (χ2v) is 8.21. The summed E-state index contributed by atoms with van der Waals surface area (Å²) in [5, 5.41) is 8.53. The molecule has 1 aliphatic heterocycles. The fraction of sp³-hybridized carbons (Fsp3) is 0.346. The summed E-state index contributed by atoms with van der Waals surface area (Å²) in [5.74, 6) is -0.479. The largest absolute Gasteiger partial charge is 0.445 e. The molecular formula is C26H31N3O4. The van der Waals surface area contributed by atoms with Gasteiger partial charge in [0, 0.05) is 12.6 Å². The maximum absolute atomic E-state index is 13.1. The van der Waals surface area contributed by atoms with Gasteiger partial charge in [-0.3, -0.25) is 9.59 Å². The number of carbonyl (C=O) groups is 3. The van der Waals surface area contributed by atoms with Crippen LogP contribution in [0.1, 0.15) is 36.0 Å². The molecule has 3 N–H and O–H groups in total. The maximum Gasteiger partial charge on any atom is 0.408 e. The molecule has 2 aromatic carbocycles. The number of hydrogen-bond donors (Lipinski definition) is 3. The number of rotatable bonds is 5. The third kappa shape index (κ3) is 8.44. The molecule has 0 fully saturated rings. The van der Waals surface area contributed by atoms with Crippen LogP contribution in [0, 0.1) is 6.92 Å². The summed E-state index contributed by atoms with van der Waals surface area (Å²) in [6, 6.07) is 16.3. The van der Waals surface area contributed by atoms with Crippen molar-refractivity contribution in [3.63, 3.8) is 0 Å². The summed E-state index contributed by atoms with van der Waals surface area (Å²) in [5.41, 5.74) is 3.04. The molecule has 0 saturated heterocycles. The Morgan fingerprint density at radius 1 is 1.06 bits per heavy atom. The van der Waals surface area contributed by atoms with E-state index in [0.29, 0.717) is 32.2 Å². The normalized spacial score (nSPS) is 20.4. The van der Waals surface area contributed by atoms with E-state index in [0.717, 1.165) is 16.7 Å². The van der Waals surface area contributed by atoms with Crippen LogP contribution in [0.2, 0.25) is 0 Å². The Hall–Kier alpha value is -3.61. The molecule has 0 bridgehead atoms. The maximum atomic E-state index is 13.1. The summed E-state index contributed by atoms with van der Waals surface area (Å²) in [6.07, 6.45) is 4.87. The van der Waals surface area contributed by atoms with Crippen molar-refractivity contribution in [1.29, 1.82) is 0 Å². The standard InChI is InChI=1S/C26H31N3O4/c1-19-8-7-11-21(16-19)17-22-13-14-24(30)27-15-6-5-12-23(25(31)28-22)29-26(32)33-18-20-9-3-2-4-10-20/h2-4,7-11,13-14,16,22-23H,5-6,12,15,17-18H2,1H3,(H,27,30)(H,28,31)(H,29,32)/b14-13+/t22-,23+/m1/s1. The smallest absolute Gasteiger partial charge is 0.408 e. The summed E-state index contributed by atoms with van der Waals surface area (Å²) >= 11 is 0. The number of nitrogens with one attached hydrogen (secondary N) is 3. The van der Waals surface area contributed by atoms with Gasteiger partial charge in [-0.05, 0) is 43.7 Å². The van der Waals surface area contributed by atoms with E-state index in [1.54, 1.807) is 6.08 Å². The van der Waals surface area contributed by atoms with Crippen molar-refractivity contribution in [2.45, 2.75) is 51.3 Å². The molecule has 2 aromatic rings. The summed E-state index contributed by atoms with van der Waals surface area (Å²) < 4.78 is 5.30. The minimum atomic E-state index is -0.725. The van der Waals surface area contributed by atoms with Crippen LogP contribution in [-0.4, -0.2) is 36.5 Å². The SMILES string of the molecule is Cc1cccc(C[C@H]2/C=C/C(=O)NCCCC[C@H](NC(=O)OCc3ccccc3)C(=O)N2)c1. The molecule has 7 heteroatoms. The van der Waals surface area contributed by atoms with E-state index in [2.05, 4.69) is 16.0 Å².